The van der Waals surface area contributed by atoms with Crippen molar-refractivity contribution in [2.75, 3.05) is 31.1 Å². The Morgan fingerprint density at radius 2 is 1.67 bits per heavy atom. The first-order valence-electron chi connectivity index (χ1n) is 8.40. The van der Waals surface area contributed by atoms with E-state index in [4.69, 9.17) is 0 Å². The zero-order chi connectivity index (χ0) is 18.9. The number of piperazine rings is 1. The van der Waals surface area contributed by atoms with Crippen LogP contribution in [0.1, 0.15) is 0 Å². The van der Waals surface area contributed by atoms with Crippen LogP contribution in [0.15, 0.2) is 64.0 Å². The standard InChI is InChI=1S/C17H17BrN6O2S/c18-14-5-4-8-16(13-14)27(25,26)23-11-9-22(10-12-23)17-19-20-21-24(17)15-6-2-1-3-7-15/h1-8,13H,9-12H2. The summed E-state index contributed by atoms with van der Waals surface area (Å²) in [6, 6.07) is 16.4. The number of benzene rings is 2. The molecule has 140 valence electrons. The summed E-state index contributed by atoms with van der Waals surface area (Å²) < 4.78 is 29.6. The van der Waals surface area contributed by atoms with Crippen molar-refractivity contribution >= 4 is 31.9 Å². The summed E-state index contributed by atoms with van der Waals surface area (Å²) >= 11 is 3.33. The third-order valence-electron chi connectivity index (χ3n) is 4.41. The van der Waals surface area contributed by atoms with Crippen LogP contribution in [0, 0.1) is 0 Å². The molecule has 1 aliphatic heterocycles. The highest BCUT2D eigenvalue weighted by Crippen LogP contribution is 2.23. The van der Waals surface area contributed by atoms with E-state index in [-0.39, 0.29) is 0 Å². The SMILES string of the molecule is O=S(=O)(c1cccc(Br)c1)N1CCN(c2nnnn2-c2ccccc2)CC1. The average molecular weight is 449 g/mol. The zero-order valence-corrected chi connectivity index (χ0v) is 16.7. The smallest absolute Gasteiger partial charge is 0.250 e. The van der Waals surface area contributed by atoms with Crippen LogP contribution in [-0.4, -0.2) is 59.1 Å². The van der Waals surface area contributed by atoms with Crippen molar-refractivity contribution in [1.82, 2.24) is 24.5 Å². The van der Waals surface area contributed by atoms with Crippen LogP contribution in [0.3, 0.4) is 0 Å². The molecule has 0 saturated carbocycles. The molecule has 10 heteroatoms. The van der Waals surface area contributed by atoms with Crippen LogP contribution in [0.2, 0.25) is 0 Å². The summed E-state index contributed by atoms with van der Waals surface area (Å²) in [6.07, 6.45) is 0. The Balaban J connectivity index is 1.51. The highest BCUT2D eigenvalue weighted by molar-refractivity contribution is 9.10. The largest absolute Gasteiger partial charge is 0.337 e. The lowest BCUT2D eigenvalue weighted by atomic mass is 10.3. The molecule has 0 aliphatic carbocycles. The number of anilines is 1. The monoisotopic (exact) mass is 448 g/mol. The van der Waals surface area contributed by atoms with Crippen molar-refractivity contribution < 1.29 is 8.42 Å². The van der Waals surface area contributed by atoms with Crippen LogP contribution in [0.5, 0.6) is 0 Å². The molecule has 1 aromatic heterocycles. The van der Waals surface area contributed by atoms with Gasteiger partial charge in [-0.25, -0.2) is 8.42 Å². The Morgan fingerprint density at radius 1 is 0.926 bits per heavy atom. The zero-order valence-electron chi connectivity index (χ0n) is 14.3. The summed E-state index contributed by atoms with van der Waals surface area (Å²) in [5.41, 5.74) is 0.863. The Labute approximate surface area is 165 Å². The molecule has 1 aliphatic rings. The van der Waals surface area contributed by atoms with Gasteiger partial charge in [0.05, 0.1) is 10.6 Å². The fourth-order valence-corrected chi connectivity index (χ4v) is 5.04. The van der Waals surface area contributed by atoms with Gasteiger partial charge in [0.15, 0.2) is 0 Å². The van der Waals surface area contributed by atoms with Gasteiger partial charge in [0.25, 0.3) is 0 Å². The third kappa shape index (κ3) is 3.60. The number of tetrazole rings is 1. The van der Waals surface area contributed by atoms with Gasteiger partial charge in [-0.05, 0) is 40.8 Å². The minimum Gasteiger partial charge on any atom is -0.337 e. The molecule has 0 amide bonds. The fraction of sp³-hybridized carbons (Fsp3) is 0.235. The van der Waals surface area contributed by atoms with Crippen molar-refractivity contribution in [2.24, 2.45) is 0 Å². The van der Waals surface area contributed by atoms with Crippen molar-refractivity contribution in [1.29, 1.82) is 0 Å². The lowest BCUT2D eigenvalue weighted by Crippen LogP contribution is -2.49. The third-order valence-corrected chi connectivity index (χ3v) is 6.80. The number of para-hydroxylation sites is 1. The molecule has 0 bridgehead atoms. The molecule has 2 aromatic carbocycles. The molecule has 3 aromatic rings. The van der Waals surface area contributed by atoms with Gasteiger partial charge in [0.1, 0.15) is 0 Å². The maximum atomic E-state index is 12.9. The summed E-state index contributed by atoms with van der Waals surface area (Å²) in [6.45, 7) is 1.77. The lowest BCUT2D eigenvalue weighted by molar-refractivity contribution is 0.381. The second-order valence-corrected chi connectivity index (χ2v) is 8.93. The predicted molar refractivity (Wildman–Crippen MR) is 104 cm³/mol. The van der Waals surface area contributed by atoms with E-state index >= 15 is 0 Å². The molecule has 8 nitrogen and oxygen atoms in total. The first-order valence-corrected chi connectivity index (χ1v) is 10.6. The Hall–Kier alpha value is -2.30. The van der Waals surface area contributed by atoms with Gasteiger partial charge in [-0.1, -0.05) is 45.3 Å². The molecule has 1 fully saturated rings. The maximum absolute atomic E-state index is 12.9. The quantitative estimate of drug-likeness (QED) is 0.606. The van der Waals surface area contributed by atoms with Crippen molar-refractivity contribution in [3.8, 4) is 5.69 Å². The number of nitrogens with zero attached hydrogens (tertiary/aromatic N) is 6. The van der Waals surface area contributed by atoms with Crippen LogP contribution >= 0.6 is 15.9 Å². The van der Waals surface area contributed by atoms with Gasteiger partial charge in [-0.15, -0.1) is 0 Å². The van der Waals surface area contributed by atoms with Crippen LogP contribution in [0.25, 0.3) is 5.69 Å². The highest BCUT2D eigenvalue weighted by atomic mass is 79.9. The summed E-state index contributed by atoms with van der Waals surface area (Å²) in [7, 11) is -3.52. The molecule has 4 rings (SSSR count). The summed E-state index contributed by atoms with van der Waals surface area (Å²) in [5.74, 6) is 0.612. The predicted octanol–water partition coefficient (Wildman–Crippen LogP) is 1.94. The first-order chi connectivity index (χ1) is 13.1. The van der Waals surface area contributed by atoms with Gasteiger partial charge >= 0.3 is 0 Å². The van der Waals surface area contributed by atoms with Crippen molar-refractivity contribution in [2.45, 2.75) is 4.90 Å². The van der Waals surface area contributed by atoms with Gasteiger partial charge in [-0.3, -0.25) is 0 Å². The van der Waals surface area contributed by atoms with E-state index in [0.29, 0.717) is 37.0 Å². The highest BCUT2D eigenvalue weighted by Gasteiger charge is 2.30. The number of hydrogen-bond acceptors (Lipinski definition) is 6. The van der Waals surface area contributed by atoms with Crippen molar-refractivity contribution in [3.63, 3.8) is 0 Å². The molecule has 0 atom stereocenters. The molecule has 2 heterocycles. The van der Waals surface area contributed by atoms with Crippen LogP contribution in [-0.2, 0) is 10.0 Å². The topological polar surface area (TPSA) is 84.2 Å². The van der Waals surface area contributed by atoms with Gasteiger partial charge < -0.3 is 4.90 Å². The second kappa shape index (κ2) is 7.37. The number of rotatable bonds is 4. The molecule has 0 spiro atoms. The van der Waals surface area contributed by atoms with E-state index in [2.05, 4.69) is 31.5 Å². The normalized spacial score (nSPS) is 15.8. The van der Waals surface area contributed by atoms with E-state index in [1.165, 1.54) is 4.31 Å². The number of hydrogen-bond donors (Lipinski definition) is 0. The maximum Gasteiger partial charge on any atom is 0.250 e. The van der Waals surface area contributed by atoms with E-state index < -0.39 is 10.0 Å². The van der Waals surface area contributed by atoms with Crippen LogP contribution < -0.4 is 4.90 Å². The number of sulfonamides is 1. The molecule has 27 heavy (non-hydrogen) atoms. The fourth-order valence-electron chi connectivity index (χ4n) is 3.02. The molecular formula is C17H17BrN6O2S. The Bertz CT molecular complexity index is 1030. The lowest BCUT2D eigenvalue weighted by Gasteiger charge is -2.34. The summed E-state index contributed by atoms with van der Waals surface area (Å²) in [4.78, 5) is 2.29. The minimum absolute atomic E-state index is 0.291. The van der Waals surface area contributed by atoms with Crippen LogP contribution in [0.4, 0.5) is 5.95 Å². The molecule has 0 radical (unpaired) electrons. The van der Waals surface area contributed by atoms with E-state index in [0.717, 1.165) is 10.2 Å². The number of halogens is 1. The molecular weight excluding hydrogens is 432 g/mol. The van der Waals surface area contributed by atoms with Gasteiger partial charge in [-0.2, -0.15) is 8.99 Å². The molecule has 0 N–H and O–H groups in total. The molecule has 0 unspecified atom stereocenters. The second-order valence-electron chi connectivity index (χ2n) is 6.07. The van der Waals surface area contributed by atoms with Crippen molar-refractivity contribution in [3.05, 3.63) is 59.1 Å². The Morgan fingerprint density at radius 3 is 2.37 bits per heavy atom. The average Bonchev–Trinajstić information content (AvgIpc) is 3.19. The minimum atomic E-state index is -3.52. The first kappa shape index (κ1) is 18.1. The molecule has 1 saturated heterocycles. The number of aromatic nitrogens is 4. The van der Waals surface area contributed by atoms with E-state index in [1.807, 2.05) is 35.2 Å². The van der Waals surface area contributed by atoms with E-state index in [9.17, 15) is 8.42 Å². The van der Waals surface area contributed by atoms with E-state index in [1.54, 1.807) is 28.9 Å². The van der Waals surface area contributed by atoms with Gasteiger partial charge in [0.2, 0.25) is 16.0 Å². The summed E-state index contributed by atoms with van der Waals surface area (Å²) in [5, 5.41) is 12.0. The van der Waals surface area contributed by atoms with Gasteiger partial charge in [0, 0.05) is 30.7 Å². The Kier molecular flexibility index (Phi) is 4.94.